The Morgan fingerprint density at radius 1 is 1.44 bits per heavy atom. The van der Waals surface area contributed by atoms with E-state index in [-0.39, 0.29) is 0 Å². The average molecular weight is 245 g/mol. The number of benzene rings is 1. The second kappa shape index (κ2) is 5.69. The van der Waals surface area contributed by atoms with Crippen molar-refractivity contribution in [3.05, 3.63) is 36.3 Å². The van der Waals surface area contributed by atoms with Crippen molar-refractivity contribution in [2.24, 2.45) is 5.73 Å². The molecule has 4 heteroatoms. The zero-order valence-corrected chi connectivity index (χ0v) is 10.8. The molecule has 18 heavy (non-hydrogen) atoms. The van der Waals surface area contributed by atoms with E-state index < -0.39 is 0 Å². The number of imidazole rings is 1. The summed E-state index contributed by atoms with van der Waals surface area (Å²) in [5, 5.41) is 0. The van der Waals surface area contributed by atoms with Gasteiger partial charge in [0.1, 0.15) is 11.6 Å². The standard InChI is InChI=1S/C14H19N3O/c1-3-10(8-15)14-16-9-13(17-14)11-5-4-6-12(7-11)18-2/h4-7,9-10H,3,8,15H2,1-2H3,(H,16,17). The summed E-state index contributed by atoms with van der Waals surface area (Å²) in [6.07, 6.45) is 2.84. The average Bonchev–Trinajstić information content (AvgIpc) is 2.90. The van der Waals surface area contributed by atoms with Crippen molar-refractivity contribution in [2.75, 3.05) is 13.7 Å². The number of rotatable bonds is 5. The van der Waals surface area contributed by atoms with Crippen LogP contribution in [0.2, 0.25) is 0 Å². The van der Waals surface area contributed by atoms with Crippen LogP contribution >= 0.6 is 0 Å². The highest BCUT2D eigenvalue weighted by Crippen LogP contribution is 2.24. The molecule has 3 N–H and O–H groups in total. The van der Waals surface area contributed by atoms with Crippen molar-refractivity contribution in [3.63, 3.8) is 0 Å². The fourth-order valence-electron chi connectivity index (χ4n) is 1.95. The van der Waals surface area contributed by atoms with E-state index in [4.69, 9.17) is 10.5 Å². The van der Waals surface area contributed by atoms with E-state index >= 15 is 0 Å². The lowest BCUT2D eigenvalue weighted by atomic mass is 10.1. The molecule has 1 unspecified atom stereocenters. The minimum Gasteiger partial charge on any atom is -0.497 e. The number of hydrogen-bond donors (Lipinski definition) is 2. The van der Waals surface area contributed by atoms with Crippen LogP contribution in [0.1, 0.15) is 25.1 Å². The van der Waals surface area contributed by atoms with Crippen LogP contribution in [-0.2, 0) is 0 Å². The fourth-order valence-corrected chi connectivity index (χ4v) is 1.95. The van der Waals surface area contributed by atoms with Gasteiger partial charge in [-0.05, 0) is 18.6 Å². The van der Waals surface area contributed by atoms with Gasteiger partial charge in [-0.1, -0.05) is 19.1 Å². The van der Waals surface area contributed by atoms with Gasteiger partial charge in [-0.15, -0.1) is 0 Å². The Kier molecular flexibility index (Phi) is 3.99. The van der Waals surface area contributed by atoms with Gasteiger partial charge in [0.2, 0.25) is 0 Å². The predicted octanol–water partition coefficient (Wildman–Crippen LogP) is 2.54. The van der Waals surface area contributed by atoms with Crippen LogP contribution < -0.4 is 10.5 Å². The summed E-state index contributed by atoms with van der Waals surface area (Å²) in [5.41, 5.74) is 7.79. The van der Waals surface area contributed by atoms with Gasteiger partial charge in [-0.25, -0.2) is 4.98 Å². The number of ether oxygens (including phenoxy) is 1. The molecular formula is C14H19N3O. The Morgan fingerprint density at radius 3 is 2.94 bits per heavy atom. The quantitative estimate of drug-likeness (QED) is 0.850. The van der Waals surface area contributed by atoms with Crippen LogP contribution in [0, 0.1) is 0 Å². The maximum Gasteiger partial charge on any atom is 0.119 e. The molecule has 4 nitrogen and oxygen atoms in total. The molecule has 0 aliphatic rings. The Bertz CT molecular complexity index is 503. The molecule has 0 aliphatic heterocycles. The van der Waals surface area contributed by atoms with E-state index in [1.54, 1.807) is 7.11 Å². The molecule has 0 amide bonds. The summed E-state index contributed by atoms with van der Waals surface area (Å²) in [5.74, 6) is 2.09. The van der Waals surface area contributed by atoms with E-state index in [1.165, 1.54) is 0 Å². The Balaban J connectivity index is 2.28. The molecule has 2 rings (SSSR count). The molecule has 0 spiro atoms. The molecular weight excluding hydrogens is 226 g/mol. The van der Waals surface area contributed by atoms with Gasteiger partial charge in [0.05, 0.1) is 19.0 Å². The minimum absolute atomic E-state index is 0.296. The number of aromatic amines is 1. The summed E-state index contributed by atoms with van der Waals surface area (Å²) >= 11 is 0. The van der Waals surface area contributed by atoms with Gasteiger partial charge in [0, 0.05) is 18.0 Å². The molecule has 0 fully saturated rings. The lowest BCUT2D eigenvalue weighted by Gasteiger charge is -2.08. The molecule has 0 saturated heterocycles. The summed E-state index contributed by atoms with van der Waals surface area (Å²) in [4.78, 5) is 7.75. The number of nitrogens with one attached hydrogen (secondary N) is 1. The van der Waals surface area contributed by atoms with E-state index in [2.05, 4.69) is 16.9 Å². The molecule has 0 bridgehead atoms. The number of nitrogens with zero attached hydrogens (tertiary/aromatic N) is 1. The van der Waals surface area contributed by atoms with E-state index in [0.717, 1.165) is 29.3 Å². The first kappa shape index (κ1) is 12.6. The Labute approximate surface area is 107 Å². The van der Waals surface area contributed by atoms with Crippen LogP contribution in [0.25, 0.3) is 11.3 Å². The first-order valence-electron chi connectivity index (χ1n) is 6.17. The maximum absolute atomic E-state index is 5.73. The number of H-pyrrole nitrogens is 1. The van der Waals surface area contributed by atoms with Crippen molar-refractivity contribution < 1.29 is 4.74 Å². The molecule has 0 saturated carbocycles. The normalized spacial score (nSPS) is 12.4. The summed E-state index contributed by atoms with van der Waals surface area (Å²) < 4.78 is 5.22. The van der Waals surface area contributed by atoms with Crippen LogP contribution in [0.5, 0.6) is 5.75 Å². The predicted molar refractivity (Wildman–Crippen MR) is 72.7 cm³/mol. The van der Waals surface area contributed by atoms with Gasteiger partial charge < -0.3 is 15.5 Å². The summed E-state index contributed by atoms with van der Waals surface area (Å²) in [6, 6.07) is 7.91. The molecule has 1 heterocycles. The number of hydrogen-bond acceptors (Lipinski definition) is 3. The maximum atomic E-state index is 5.73. The minimum atomic E-state index is 0.296. The lowest BCUT2D eigenvalue weighted by Crippen LogP contribution is -2.12. The van der Waals surface area contributed by atoms with Gasteiger partial charge >= 0.3 is 0 Å². The number of aromatic nitrogens is 2. The Hall–Kier alpha value is -1.81. The first-order chi connectivity index (χ1) is 8.78. The highest BCUT2D eigenvalue weighted by molar-refractivity contribution is 5.60. The molecule has 2 aromatic rings. The van der Waals surface area contributed by atoms with Gasteiger partial charge in [-0.2, -0.15) is 0 Å². The zero-order valence-electron chi connectivity index (χ0n) is 10.8. The monoisotopic (exact) mass is 245 g/mol. The molecule has 96 valence electrons. The van der Waals surface area contributed by atoms with E-state index in [9.17, 15) is 0 Å². The van der Waals surface area contributed by atoms with E-state index in [1.807, 2.05) is 30.5 Å². The van der Waals surface area contributed by atoms with Crippen molar-refractivity contribution in [2.45, 2.75) is 19.3 Å². The topological polar surface area (TPSA) is 63.9 Å². The fraction of sp³-hybridized carbons (Fsp3) is 0.357. The van der Waals surface area contributed by atoms with Crippen molar-refractivity contribution in [3.8, 4) is 17.0 Å². The largest absolute Gasteiger partial charge is 0.497 e. The Morgan fingerprint density at radius 2 is 2.28 bits per heavy atom. The SMILES string of the molecule is CCC(CN)c1ncc(-c2cccc(OC)c2)[nH]1. The van der Waals surface area contributed by atoms with Crippen molar-refractivity contribution in [1.82, 2.24) is 9.97 Å². The molecule has 1 atom stereocenters. The molecule has 0 radical (unpaired) electrons. The molecule has 1 aromatic carbocycles. The third kappa shape index (κ3) is 2.54. The van der Waals surface area contributed by atoms with Crippen LogP contribution in [0.15, 0.2) is 30.5 Å². The highest BCUT2D eigenvalue weighted by Gasteiger charge is 2.12. The lowest BCUT2D eigenvalue weighted by molar-refractivity contribution is 0.415. The number of nitrogens with two attached hydrogens (primary N) is 1. The van der Waals surface area contributed by atoms with Crippen molar-refractivity contribution in [1.29, 1.82) is 0 Å². The second-order valence-corrected chi connectivity index (χ2v) is 4.25. The third-order valence-corrected chi connectivity index (χ3v) is 3.14. The zero-order chi connectivity index (χ0) is 13.0. The van der Waals surface area contributed by atoms with E-state index in [0.29, 0.717) is 12.5 Å². The van der Waals surface area contributed by atoms with Gasteiger partial charge in [-0.3, -0.25) is 0 Å². The third-order valence-electron chi connectivity index (χ3n) is 3.14. The van der Waals surface area contributed by atoms with Crippen molar-refractivity contribution >= 4 is 0 Å². The molecule has 1 aromatic heterocycles. The van der Waals surface area contributed by atoms with Gasteiger partial charge in [0.25, 0.3) is 0 Å². The second-order valence-electron chi connectivity index (χ2n) is 4.25. The highest BCUT2D eigenvalue weighted by atomic mass is 16.5. The van der Waals surface area contributed by atoms with Crippen LogP contribution in [-0.4, -0.2) is 23.6 Å². The van der Waals surface area contributed by atoms with Gasteiger partial charge in [0.15, 0.2) is 0 Å². The molecule has 0 aliphatic carbocycles. The van der Waals surface area contributed by atoms with Crippen LogP contribution in [0.4, 0.5) is 0 Å². The summed E-state index contributed by atoms with van der Waals surface area (Å²) in [6.45, 7) is 2.73. The first-order valence-corrected chi connectivity index (χ1v) is 6.17. The smallest absolute Gasteiger partial charge is 0.119 e. The van der Waals surface area contributed by atoms with Crippen LogP contribution in [0.3, 0.4) is 0 Å². The number of methoxy groups -OCH3 is 1. The summed E-state index contributed by atoms with van der Waals surface area (Å²) in [7, 11) is 1.67.